The maximum atomic E-state index is 11.5. The summed E-state index contributed by atoms with van der Waals surface area (Å²) in [6.07, 6.45) is 0.442. The van der Waals surface area contributed by atoms with Crippen molar-refractivity contribution in [3.8, 4) is 11.5 Å². The second-order valence-electron chi connectivity index (χ2n) is 13.2. The molecule has 0 fully saturated rings. The minimum absolute atomic E-state index is 0. The Morgan fingerprint density at radius 2 is 1.30 bits per heavy atom. The molecule has 4 aromatic carbocycles. The molecule has 0 saturated heterocycles. The summed E-state index contributed by atoms with van der Waals surface area (Å²) in [5.41, 5.74) is 4.44. The average Bonchev–Trinajstić information content (AvgIpc) is 3.01. The molecule has 0 radical (unpaired) electrons. The van der Waals surface area contributed by atoms with Crippen LogP contribution in [0.25, 0.3) is 0 Å². The van der Waals surface area contributed by atoms with Crippen molar-refractivity contribution >= 4 is 26.7 Å². The number of halogens is 1. The molecular weight excluding hydrogens is 614 g/mol. The van der Waals surface area contributed by atoms with E-state index in [1.165, 1.54) is 0 Å². The van der Waals surface area contributed by atoms with E-state index in [0.717, 1.165) is 33.8 Å². The summed E-state index contributed by atoms with van der Waals surface area (Å²) in [6, 6.07) is 33.6. The fraction of sp³-hybridized carbons (Fsp3) is 0.342. The van der Waals surface area contributed by atoms with Crippen molar-refractivity contribution in [3.63, 3.8) is 0 Å². The van der Waals surface area contributed by atoms with E-state index in [9.17, 15) is 9.90 Å². The summed E-state index contributed by atoms with van der Waals surface area (Å²) in [5, 5.41) is 13.1. The molecule has 2 N–H and O–H groups in total. The van der Waals surface area contributed by atoms with Crippen LogP contribution < -0.4 is 14.8 Å². The maximum absolute atomic E-state index is 11.5. The van der Waals surface area contributed by atoms with Gasteiger partial charge in [0, 0.05) is 18.7 Å². The van der Waals surface area contributed by atoms with Crippen molar-refractivity contribution in [1.29, 1.82) is 0 Å². The van der Waals surface area contributed by atoms with Gasteiger partial charge >= 0.3 is 5.97 Å². The molecule has 0 bridgehead atoms. The highest BCUT2D eigenvalue weighted by molar-refractivity contribution is 6.74. The molecule has 4 aromatic rings. The van der Waals surface area contributed by atoms with Crippen LogP contribution in [-0.4, -0.2) is 32.0 Å². The minimum Gasteiger partial charge on any atom is -0.489 e. The molecular formula is C38H48ClNO5Si. The highest BCUT2D eigenvalue weighted by atomic mass is 35.5. The van der Waals surface area contributed by atoms with Gasteiger partial charge in [0.2, 0.25) is 0 Å². The second-order valence-corrected chi connectivity index (χ2v) is 17.9. The number of benzene rings is 4. The topological polar surface area (TPSA) is 77.0 Å². The number of nitrogens with one attached hydrogen (secondary N) is 1. The van der Waals surface area contributed by atoms with Gasteiger partial charge in [-0.05, 0) is 78.0 Å². The van der Waals surface area contributed by atoms with Gasteiger partial charge in [0.1, 0.15) is 24.7 Å². The van der Waals surface area contributed by atoms with Gasteiger partial charge < -0.3 is 24.3 Å². The van der Waals surface area contributed by atoms with Gasteiger partial charge in [-0.2, -0.15) is 0 Å². The first kappa shape index (κ1) is 36.8. The van der Waals surface area contributed by atoms with Gasteiger partial charge in [-0.25, -0.2) is 4.79 Å². The number of hydrogen-bond acceptors (Lipinski definition) is 5. The number of aromatic carboxylic acids is 1. The van der Waals surface area contributed by atoms with Crippen molar-refractivity contribution in [1.82, 2.24) is 5.32 Å². The predicted molar refractivity (Wildman–Crippen MR) is 191 cm³/mol. The maximum Gasteiger partial charge on any atom is 0.335 e. The van der Waals surface area contributed by atoms with Crippen LogP contribution in [0.4, 0.5) is 0 Å². The monoisotopic (exact) mass is 661 g/mol. The largest absolute Gasteiger partial charge is 0.489 e. The minimum atomic E-state index is -2.18. The third-order valence-electron chi connectivity index (χ3n) is 8.38. The fourth-order valence-electron chi connectivity index (χ4n) is 4.75. The summed E-state index contributed by atoms with van der Waals surface area (Å²) in [4.78, 5) is 11.5. The average molecular weight is 662 g/mol. The van der Waals surface area contributed by atoms with Crippen LogP contribution in [0.2, 0.25) is 18.1 Å². The number of carboxylic acid groups (broad SMARTS) is 1. The first-order valence-corrected chi connectivity index (χ1v) is 18.5. The lowest BCUT2D eigenvalue weighted by Gasteiger charge is -2.40. The molecule has 6 nitrogen and oxygen atoms in total. The van der Waals surface area contributed by atoms with E-state index in [-0.39, 0.29) is 29.6 Å². The highest BCUT2D eigenvalue weighted by Crippen LogP contribution is 2.40. The zero-order chi connectivity index (χ0) is 32.5. The number of carboxylic acids is 1. The Kier molecular flexibility index (Phi) is 13.5. The van der Waals surface area contributed by atoms with Crippen molar-refractivity contribution < 1.29 is 23.8 Å². The molecule has 0 saturated carbocycles. The van der Waals surface area contributed by atoms with Crippen LogP contribution in [0.5, 0.6) is 11.5 Å². The van der Waals surface area contributed by atoms with Crippen LogP contribution in [0, 0.1) is 0 Å². The van der Waals surface area contributed by atoms with Gasteiger partial charge in [-0.3, -0.25) is 0 Å². The smallest absolute Gasteiger partial charge is 0.335 e. The lowest BCUT2D eigenvalue weighted by molar-refractivity contribution is 0.0696. The summed E-state index contributed by atoms with van der Waals surface area (Å²) >= 11 is 0. The van der Waals surface area contributed by atoms with E-state index >= 15 is 0 Å². The Hall–Kier alpha value is -3.62. The third kappa shape index (κ3) is 11.0. The SMILES string of the molecule is C[C@H](Cc1cccc(C(=O)O)c1)NC[C@H](O[Si](C)(C)C(C)(C)C)c1cc(OCc2ccccc2)cc(OCc2ccccc2)c1.Cl. The summed E-state index contributed by atoms with van der Waals surface area (Å²) in [6.45, 7) is 14.9. The number of rotatable bonds is 15. The summed E-state index contributed by atoms with van der Waals surface area (Å²) < 4.78 is 19.7. The quantitative estimate of drug-likeness (QED) is 0.124. The summed E-state index contributed by atoms with van der Waals surface area (Å²) in [7, 11) is -2.18. The Balaban J connectivity index is 0.00000576. The molecule has 8 heteroatoms. The van der Waals surface area contributed by atoms with Crippen molar-refractivity contribution in [2.45, 2.75) is 77.6 Å². The molecule has 0 aromatic heterocycles. The van der Waals surface area contributed by atoms with Crippen LogP contribution in [0.1, 0.15) is 66.4 Å². The van der Waals surface area contributed by atoms with E-state index in [4.69, 9.17) is 13.9 Å². The zero-order valence-corrected chi connectivity index (χ0v) is 29.6. The standard InChI is InChI=1S/C38H47NO5Si.ClH/c1-28(20-31-18-13-19-32(21-31)37(40)41)39-25-36(44-45(5,6)38(2,3)4)33-22-34(42-26-29-14-9-7-10-15-29)24-35(23-33)43-27-30-16-11-8-12-17-30;/h7-19,21-24,28,36,39H,20,25-27H2,1-6H3,(H,40,41);1H/t28-,36+;/m1./s1. The molecule has 0 aliphatic rings. The first-order valence-electron chi connectivity index (χ1n) is 15.6. The Labute approximate surface area is 281 Å². The number of hydrogen-bond donors (Lipinski definition) is 2. The van der Waals surface area contributed by atoms with Crippen molar-refractivity contribution in [2.24, 2.45) is 0 Å². The Morgan fingerprint density at radius 1 is 0.783 bits per heavy atom. The molecule has 0 unspecified atom stereocenters. The molecule has 0 aliphatic heterocycles. The molecule has 246 valence electrons. The summed E-state index contributed by atoms with van der Waals surface area (Å²) in [5.74, 6) is 0.531. The van der Waals surface area contributed by atoms with E-state index in [0.29, 0.717) is 31.7 Å². The van der Waals surface area contributed by atoms with Gasteiger partial charge in [-0.15, -0.1) is 12.4 Å². The van der Waals surface area contributed by atoms with Crippen LogP contribution in [0.3, 0.4) is 0 Å². The van der Waals surface area contributed by atoms with E-state index < -0.39 is 14.3 Å². The normalized spacial score (nSPS) is 12.9. The fourth-order valence-corrected chi connectivity index (χ4v) is 6.04. The van der Waals surface area contributed by atoms with E-state index in [2.05, 4.69) is 82.5 Å². The van der Waals surface area contributed by atoms with Crippen LogP contribution in [-0.2, 0) is 24.1 Å². The van der Waals surface area contributed by atoms with E-state index in [1.807, 2.05) is 48.5 Å². The van der Waals surface area contributed by atoms with Crippen LogP contribution in [0.15, 0.2) is 103 Å². The van der Waals surface area contributed by atoms with E-state index in [1.54, 1.807) is 18.2 Å². The first-order chi connectivity index (χ1) is 21.4. The predicted octanol–water partition coefficient (Wildman–Crippen LogP) is 9.25. The Bertz CT molecular complexity index is 1460. The van der Waals surface area contributed by atoms with Gasteiger partial charge in [0.15, 0.2) is 8.32 Å². The lowest BCUT2D eigenvalue weighted by Crippen LogP contribution is -2.44. The van der Waals surface area contributed by atoms with Crippen molar-refractivity contribution in [2.75, 3.05) is 6.54 Å². The third-order valence-corrected chi connectivity index (χ3v) is 12.9. The van der Waals surface area contributed by atoms with Gasteiger partial charge in [-0.1, -0.05) is 93.6 Å². The molecule has 0 spiro atoms. The molecule has 0 amide bonds. The molecule has 0 aliphatic carbocycles. The second kappa shape index (κ2) is 16.8. The molecule has 2 atom stereocenters. The van der Waals surface area contributed by atoms with Gasteiger partial charge in [0.25, 0.3) is 0 Å². The zero-order valence-electron chi connectivity index (χ0n) is 27.8. The lowest BCUT2D eigenvalue weighted by atomic mass is 10.0. The highest BCUT2D eigenvalue weighted by Gasteiger charge is 2.39. The number of ether oxygens (including phenoxy) is 2. The molecule has 4 rings (SSSR count). The van der Waals surface area contributed by atoms with Gasteiger partial charge in [0.05, 0.1) is 11.7 Å². The number of carbonyl (C=O) groups is 1. The Morgan fingerprint density at radius 3 is 1.80 bits per heavy atom. The molecule has 46 heavy (non-hydrogen) atoms. The molecule has 0 heterocycles. The van der Waals surface area contributed by atoms with Crippen molar-refractivity contribution in [3.05, 3.63) is 131 Å². The van der Waals surface area contributed by atoms with Crippen LogP contribution >= 0.6 is 12.4 Å².